The molecule has 0 fully saturated rings. The third-order valence-corrected chi connectivity index (χ3v) is 2.82. The van der Waals surface area contributed by atoms with E-state index in [1.807, 2.05) is 12.1 Å². The summed E-state index contributed by atoms with van der Waals surface area (Å²) >= 11 is 0. The lowest BCUT2D eigenvalue weighted by atomic mass is 10.0. The molecule has 3 rings (SSSR count). The molecule has 2 N–H and O–H groups in total. The van der Waals surface area contributed by atoms with Crippen molar-refractivity contribution in [2.45, 2.75) is 13.0 Å². The molecular formula is C12H12N2O2. The van der Waals surface area contributed by atoms with Crippen LogP contribution in [0.1, 0.15) is 11.3 Å². The number of hydrogen-bond donors (Lipinski definition) is 2. The number of phenolic OH excluding ortho intramolecular Hbond substituents is 1. The molecule has 0 amide bonds. The normalized spacial score (nSPS) is 14.8. The Morgan fingerprint density at radius 2 is 2.31 bits per heavy atom. The minimum absolute atomic E-state index is 0.248. The van der Waals surface area contributed by atoms with E-state index < -0.39 is 0 Å². The van der Waals surface area contributed by atoms with Crippen LogP contribution in [0.5, 0.6) is 5.75 Å². The van der Waals surface area contributed by atoms with Gasteiger partial charge in [-0.3, -0.25) is 0 Å². The summed E-state index contributed by atoms with van der Waals surface area (Å²) in [5, 5.41) is 16.8. The fraction of sp³-hybridized carbons (Fsp3) is 0.250. The van der Waals surface area contributed by atoms with Gasteiger partial charge in [0.25, 0.3) is 0 Å². The van der Waals surface area contributed by atoms with Crippen LogP contribution in [0.2, 0.25) is 0 Å². The predicted octanol–water partition coefficient (Wildman–Crippen LogP) is 1.69. The fourth-order valence-corrected chi connectivity index (χ4v) is 2.02. The third kappa shape index (κ3) is 1.47. The second-order valence-corrected chi connectivity index (χ2v) is 3.91. The van der Waals surface area contributed by atoms with Crippen molar-refractivity contribution >= 4 is 0 Å². The lowest BCUT2D eigenvalue weighted by Gasteiger charge is -2.11. The van der Waals surface area contributed by atoms with Crippen LogP contribution in [0.25, 0.3) is 11.3 Å². The molecule has 1 aromatic heterocycles. The van der Waals surface area contributed by atoms with Gasteiger partial charge >= 0.3 is 0 Å². The molecule has 0 aliphatic carbocycles. The van der Waals surface area contributed by atoms with Gasteiger partial charge in [-0.1, -0.05) is 17.3 Å². The first-order valence-electron chi connectivity index (χ1n) is 5.32. The van der Waals surface area contributed by atoms with Gasteiger partial charge in [0.15, 0.2) is 0 Å². The Bertz CT molecular complexity index is 519. The van der Waals surface area contributed by atoms with Gasteiger partial charge in [0.2, 0.25) is 0 Å². The smallest absolute Gasteiger partial charge is 0.143 e. The number of aromatic nitrogens is 1. The first-order valence-corrected chi connectivity index (χ1v) is 5.32. The van der Waals surface area contributed by atoms with Crippen molar-refractivity contribution in [1.29, 1.82) is 0 Å². The van der Waals surface area contributed by atoms with Gasteiger partial charge < -0.3 is 14.9 Å². The average Bonchev–Trinajstić information content (AvgIpc) is 2.72. The highest BCUT2D eigenvalue weighted by Gasteiger charge is 2.19. The molecule has 0 spiro atoms. The average molecular weight is 216 g/mol. The van der Waals surface area contributed by atoms with Crippen LogP contribution in [0.3, 0.4) is 0 Å². The quantitative estimate of drug-likeness (QED) is 0.761. The lowest BCUT2D eigenvalue weighted by molar-refractivity contribution is 0.374. The second-order valence-electron chi connectivity index (χ2n) is 3.91. The summed E-state index contributed by atoms with van der Waals surface area (Å²) in [5.41, 5.74) is 2.84. The van der Waals surface area contributed by atoms with E-state index in [1.54, 1.807) is 12.1 Å². The highest BCUT2D eigenvalue weighted by atomic mass is 16.5. The van der Waals surface area contributed by atoms with E-state index in [0.717, 1.165) is 42.1 Å². The maximum absolute atomic E-state index is 9.44. The Hall–Kier alpha value is -1.81. The SMILES string of the molecule is Oc1cccc(-c2noc3c2CNCC3)c1. The Kier molecular flexibility index (Phi) is 2.15. The van der Waals surface area contributed by atoms with Crippen LogP contribution in [0.15, 0.2) is 28.8 Å². The molecule has 0 saturated heterocycles. The number of rotatable bonds is 1. The summed E-state index contributed by atoms with van der Waals surface area (Å²) in [7, 11) is 0. The van der Waals surface area contributed by atoms with Gasteiger partial charge in [0.05, 0.1) is 0 Å². The molecule has 4 nitrogen and oxygen atoms in total. The van der Waals surface area contributed by atoms with Crippen LogP contribution in [-0.4, -0.2) is 16.8 Å². The van der Waals surface area contributed by atoms with Crippen molar-refractivity contribution in [2.24, 2.45) is 0 Å². The molecule has 0 atom stereocenters. The minimum atomic E-state index is 0.248. The molecular weight excluding hydrogens is 204 g/mol. The maximum Gasteiger partial charge on any atom is 0.143 e. The van der Waals surface area contributed by atoms with Crippen molar-refractivity contribution in [3.63, 3.8) is 0 Å². The number of aromatic hydroxyl groups is 1. The molecule has 0 radical (unpaired) electrons. The number of nitrogens with zero attached hydrogens (tertiary/aromatic N) is 1. The lowest BCUT2D eigenvalue weighted by Crippen LogP contribution is -2.22. The molecule has 0 unspecified atom stereocenters. The standard InChI is InChI=1S/C12H12N2O2/c15-9-3-1-2-8(6-9)12-10-7-13-5-4-11(10)16-14-12/h1-3,6,13,15H,4-5,7H2. The van der Waals surface area contributed by atoms with Crippen LogP contribution < -0.4 is 5.32 Å². The Morgan fingerprint density at radius 1 is 1.38 bits per heavy atom. The number of benzene rings is 1. The van der Waals surface area contributed by atoms with Crippen LogP contribution >= 0.6 is 0 Å². The molecule has 16 heavy (non-hydrogen) atoms. The summed E-state index contributed by atoms with van der Waals surface area (Å²) in [4.78, 5) is 0. The topological polar surface area (TPSA) is 58.3 Å². The van der Waals surface area contributed by atoms with E-state index in [4.69, 9.17) is 4.52 Å². The molecule has 1 aliphatic rings. The van der Waals surface area contributed by atoms with E-state index in [0.29, 0.717) is 0 Å². The highest BCUT2D eigenvalue weighted by molar-refractivity contribution is 5.65. The number of hydrogen-bond acceptors (Lipinski definition) is 4. The number of nitrogens with one attached hydrogen (secondary N) is 1. The molecule has 82 valence electrons. The molecule has 2 aromatic rings. The van der Waals surface area contributed by atoms with E-state index >= 15 is 0 Å². The summed E-state index contributed by atoms with van der Waals surface area (Å²) < 4.78 is 5.31. The molecule has 2 heterocycles. The van der Waals surface area contributed by atoms with Gasteiger partial charge in [-0.25, -0.2) is 0 Å². The maximum atomic E-state index is 9.44. The van der Waals surface area contributed by atoms with Crippen LogP contribution in [0.4, 0.5) is 0 Å². The Balaban J connectivity index is 2.09. The first-order chi connectivity index (χ1) is 7.84. The summed E-state index contributed by atoms with van der Waals surface area (Å²) in [6.45, 7) is 1.71. The first kappa shape index (κ1) is 9.42. The molecule has 1 aromatic carbocycles. The summed E-state index contributed by atoms with van der Waals surface area (Å²) in [6.07, 6.45) is 0.876. The van der Waals surface area contributed by atoms with E-state index in [2.05, 4.69) is 10.5 Å². The zero-order chi connectivity index (χ0) is 11.0. The summed E-state index contributed by atoms with van der Waals surface area (Å²) in [6, 6.07) is 7.08. The zero-order valence-electron chi connectivity index (χ0n) is 8.73. The van der Waals surface area contributed by atoms with Crippen molar-refractivity contribution < 1.29 is 9.63 Å². The van der Waals surface area contributed by atoms with Gasteiger partial charge in [0.1, 0.15) is 17.2 Å². The van der Waals surface area contributed by atoms with E-state index in [-0.39, 0.29) is 5.75 Å². The van der Waals surface area contributed by atoms with E-state index in [9.17, 15) is 5.11 Å². The number of phenols is 1. The van der Waals surface area contributed by atoms with Crippen molar-refractivity contribution in [1.82, 2.24) is 10.5 Å². The fourth-order valence-electron chi connectivity index (χ4n) is 2.02. The van der Waals surface area contributed by atoms with Crippen molar-refractivity contribution in [3.05, 3.63) is 35.6 Å². The predicted molar refractivity (Wildman–Crippen MR) is 59.0 cm³/mol. The Labute approximate surface area is 92.9 Å². The monoisotopic (exact) mass is 216 g/mol. The Morgan fingerprint density at radius 3 is 3.19 bits per heavy atom. The van der Waals surface area contributed by atoms with Crippen LogP contribution in [-0.2, 0) is 13.0 Å². The van der Waals surface area contributed by atoms with Gasteiger partial charge in [-0.15, -0.1) is 0 Å². The van der Waals surface area contributed by atoms with Gasteiger partial charge in [-0.2, -0.15) is 0 Å². The van der Waals surface area contributed by atoms with Gasteiger partial charge in [0, 0.05) is 30.6 Å². The van der Waals surface area contributed by atoms with E-state index in [1.165, 1.54) is 0 Å². The summed E-state index contributed by atoms with van der Waals surface area (Å²) in [5.74, 6) is 1.20. The molecule has 1 aliphatic heterocycles. The van der Waals surface area contributed by atoms with Crippen LogP contribution in [0, 0.1) is 0 Å². The van der Waals surface area contributed by atoms with Crippen molar-refractivity contribution in [3.8, 4) is 17.0 Å². The molecule has 4 heteroatoms. The molecule has 0 saturated carbocycles. The van der Waals surface area contributed by atoms with Crippen molar-refractivity contribution in [2.75, 3.05) is 6.54 Å². The minimum Gasteiger partial charge on any atom is -0.508 e. The largest absolute Gasteiger partial charge is 0.508 e. The van der Waals surface area contributed by atoms with Gasteiger partial charge in [-0.05, 0) is 12.1 Å². The third-order valence-electron chi connectivity index (χ3n) is 2.82. The molecule has 0 bridgehead atoms. The highest BCUT2D eigenvalue weighted by Crippen LogP contribution is 2.29. The number of fused-ring (bicyclic) bond motifs is 1. The second kappa shape index (κ2) is 3.64. The zero-order valence-corrected chi connectivity index (χ0v) is 8.73.